The van der Waals surface area contributed by atoms with Gasteiger partial charge in [0.1, 0.15) is 6.61 Å². The van der Waals surface area contributed by atoms with E-state index >= 15 is 0 Å². The van der Waals surface area contributed by atoms with Gasteiger partial charge in [0, 0.05) is 12.4 Å². The van der Waals surface area contributed by atoms with E-state index in [1.165, 1.54) is 0 Å². The van der Waals surface area contributed by atoms with Gasteiger partial charge in [0.25, 0.3) is 0 Å². The number of amides is 1. The van der Waals surface area contributed by atoms with Crippen molar-refractivity contribution >= 4 is 18.3 Å². The number of nitrogens with zero attached hydrogens (tertiary/aromatic N) is 1. The first kappa shape index (κ1) is 20.7. The second kappa shape index (κ2) is 10.5. The molecule has 1 atom stereocenters. The SMILES string of the molecule is CNCC(=O)NC(C)c1ccc(OCc2ccncc2)c(OC)c1.Cl. The van der Waals surface area contributed by atoms with Crippen molar-refractivity contribution < 1.29 is 14.3 Å². The van der Waals surface area contributed by atoms with Crippen molar-refractivity contribution in [1.82, 2.24) is 15.6 Å². The molecule has 1 aromatic carbocycles. The van der Waals surface area contributed by atoms with Crippen molar-refractivity contribution in [1.29, 1.82) is 0 Å². The largest absolute Gasteiger partial charge is 0.493 e. The molecule has 0 radical (unpaired) electrons. The molecule has 1 heterocycles. The van der Waals surface area contributed by atoms with Crippen LogP contribution in [0.2, 0.25) is 0 Å². The number of hydrogen-bond acceptors (Lipinski definition) is 5. The smallest absolute Gasteiger partial charge is 0.234 e. The Morgan fingerprint density at radius 2 is 1.92 bits per heavy atom. The number of likely N-dealkylation sites (N-methyl/N-ethyl adjacent to an activating group) is 1. The molecule has 0 aliphatic carbocycles. The van der Waals surface area contributed by atoms with Crippen LogP contribution in [0.25, 0.3) is 0 Å². The molecule has 0 aliphatic rings. The summed E-state index contributed by atoms with van der Waals surface area (Å²) in [5, 5.41) is 5.75. The maximum atomic E-state index is 11.7. The summed E-state index contributed by atoms with van der Waals surface area (Å²) in [5.74, 6) is 1.24. The molecule has 2 N–H and O–H groups in total. The zero-order valence-corrected chi connectivity index (χ0v) is 15.4. The predicted molar refractivity (Wildman–Crippen MR) is 99.3 cm³/mol. The number of carbonyl (C=O) groups is 1. The van der Waals surface area contributed by atoms with Gasteiger partial charge in [-0.15, -0.1) is 12.4 Å². The van der Waals surface area contributed by atoms with Crippen LogP contribution < -0.4 is 20.1 Å². The molecule has 0 bridgehead atoms. The van der Waals surface area contributed by atoms with Crippen LogP contribution in [-0.4, -0.2) is 31.6 Å². The van der Waals surface area contributed by atoms with E-state index in [0.29, 0.717) is 18.1 Å². The van der Waals surface area contributed by atoms with E-state index in [1.807, 2.05) is 37.3 Å². The van der Waals surface area contributed by atoms with Gasteiger partial charge in [0.05, 0.1) is 19.7 Å². The quantitative estimate of drug-likeness (QED) is 0.752. The number of ether oxygens (including phenoxy) is 2. The zero-order valence-electron chi connectivity index (χ0n) is 14.6. The Kier molecular flexibility index (Phi) is 8.74. The lowest BCUT2D eigenvalue weighted by Crippen LogP contribution is -2.33. The standard InChI is InChI=1S/C18H23N3O3.ClH/c1-13(21-18(22)11-19-2)15-4-5-16(17(10-15)23-3)24-12-14-6-8-20-9-7-14;/h4-10,13,19H,11-12H2,1-3H3,(H,21,22);1H. The minimum Gasteiger partial charge on any atom is -0.493 e. The molecule has 0 saturated heterocycles. The molecule has 7 heteroatoms. The fourth-order valence-electron chi connectivity index (χ4n) is 2.25. The van der Waals surface area contributed by atoms with E-state index in [2.05, 4.69) is 15.6 Å². The van der Waals surface area contributed by atoms with Crippen LogP contribution in [0.3, 0.4) is 0 Å². The third kappa shape index (κ3) is 6.25. The summed E-state index contributed by atoms with van der Waals surface area (Å²) in [6, 6.07) is 9.35. The number of pyridine rings is 1. The fourth-order valence-corrected chi connectivity index (χ4v) is 2.25. The molecule has 1 amide bonds. The minimum atomic E-state index is -0.117. The van der Waals surface area contributed by atoms with E-state index in [0.717, 1.165) is 11.1 Å². The highest BCUT2D eigenvalue weighted by Gasteiger charge is 2.12. The number of benzene rings is 1. The normalized spacial score (nSPS) is 11.2. The molecule has 136 valence electrons. The summed E-state index contributed by atoms with van der Waals surface area (Å²) in [7, 11) is 3.34. The highest BCUT2D eigenvalue weighted by atomic mass is 35.5. The van der Waals surface area contributed by atoms with E-state index < -0.39 is 0 Å². The van der Waals surface area contributed by atoms with Crippen LogP contribution in [0.4, 0.5) is 0 Å². The Bertz CT molecular complexity index is 668. The maximum Gasteiger partial charge on any atom is 0.234 e. The number of hydrogen-bond donors (Lipinski definition) is 2. The highest BCUT2D eigenvalue weighted by molar-refractivity contribution is 5.85. The lowest BCUT2D eigenvalue weighted by molar-refractivity contribution is -0.120. The molecular formula is C18H24ClN3O3. The van der Waals surface area contributed by atoms with Crippen molar-refractivity contribution in [3.8, 4) is 11.5 Å². The van der Waals surface area contributed by atoms with Crippen molar-refractivity contribution in [2.75, 3.05) is 20.7 Å². The summed E-state index contributed by atoms with van der Waals surface area (Å²) in [5.41, 5.74) is 1.98. The molecule has 1 aromatic heterocycles. The summed E-state index contributed by atoms with van der Waals surface area (Å²) in [6.45, 7) is 2.65. The van der Waals surface area contributed by atoms with Gasteiger partial charge >= 0.3 is 0 Å². The van der Waals surface area contributed by atoms with Crippen molar-refractivity contribution in [3.63, 3.8) is 0 Å². The molecule has 25 heavy (non-hydrogen) atoms. The molecule has 0 saturated carbocycles. The molecular weight excluding hydrogens is 342 g/mol. The number of carbonyl (C=O) groups excluding carboxylic acids is 1. The summed E-state index contributed by atoms with van der Waals surface area (Å²) in [4.78, 5) is 15.7. The van der Waals surface area contributed by atoms with Crippen molar-refractivity contribution in [3.05, 3.63) is 53.9 Å². The molecule has 2 aromatic rings. The van der Waals surface area contributed by atoms with Gasteiger partial charge in [-0.3, -0.25) is 9.78 Å². The van der Waals surface area contributed by atoms with Crippen LogP contribution in [0.5, 0.6) is 11.5 Å². The predicted octanol–water partition coefficient (Wildman–Crippen LogP) is 2.49. The number of nitrogens with one attached hydrogen (secondary N) is 2. The lowest BCUT2D eigenvalue weighted by Gasteiger charge is -2.17. The molecule has 1 unspecified atom stereocenters. The van der Waals surface area contributed by atoms with Crippen LogP contribution in [-0.2, 0) is 11.4 Å². The van der Waals surface area contributed by atoms with Crippen LogP contribution in [0.1, 0.15) is 24.1 Å². The second-order valence-electron chi connectivity index (χ2n) is 5.37. The average Bonchev–Trinajstić information content (AvgIpc) is 2.60. The van der Waals surface area contributed by atoms with Gasteiger partial charge in [-0.2, -0.15) is 0 Å². The zero-order chi connectivity index (χ0) is 17.4. The van der Waals surface area contributed by atoms with Crippen LogP contribution in [0, 0.1) is 0 Å². The summed E-state index contributed by atoms with van der Waals surface area (Å²) >= 11 is 0. The summed E-state index contributed by atoms with van der Waals surface area (Å²) < 4.78 is 11.2. The number of halogens is 1. The molecule has 2 rings (SSSR count). The first-order valence-corrected chi connectivity index (χ1v) is 7.77. The number of aromatic nitrogens is 1. The fraction of sp³-hybridized carbons (Fsp3) is 0.333. The minimum absolute atomic E-state index is 0. The van der Waals surface area contributed by atoms with Gasteiger partial charge in [-0.1, -0.05) is 6.07 Å². The van der Waals surface area contributed by atoms with Gasteiger partial charge in [0.2, 0.25) is 5.91 Å². The van der Waals surface area contributed by atoms with Crippen LogP contribution in [0.15, 0.2) is 42.7 Å². The van der Waals surface area contributed by atoms with Gasteiger partial charge < -0.3 is 20.1 Å². The van der Waals surface area contributed by atoms with E-state index in [1.54, 1.807) is 26.6 Å². The molecule has 0 aliphatic heterocycles. The third-order valence-corrected chi connectivity index (χ3v) is 3.55. The number of methoxy groups -OCH3 is 1. The first-order chi connectivity index (χ1) is 11.6. The first-order valence-electron chi connectivity index (χ1n) is 7.77. The average molecular weight is 366 g/mol. The van der Waals surface area contributed by atoms with Gasteiger partial charge in [0.15, 0.2) is 11.5 Å². The topological polar surface area (TPSA) is 72.5 Å². The lowest BCUT2D eigenvalue weighted by atomic mass is 10.1. The second-order valence-corrected chi connectivity index (χ2v) is 5.37. The third-order valence-electron chi connectivity index (χ3n) is 3.55. The summed E-state index contributed by atoms with van der Waals surface area (Å²) in [6.07, 6.45) is 3.46. The number of rotatable bonds is 8. The van der Waals surface area contributed by atoms with Crippen molar-refractivity contribution in [2.45, 2.75) is 19.6 Å². The Morgan fingerprint density at radius 1 is 1.20 bits per heavy atom. The highest BCUT2D eigenvalue weighted by Crippen LogP contribution is 2.30. The molecule has 0 spiro atoms. The maximum absolute atomic E-state index is 11.7. The Morgan fingerprint density at radius 3 is 2.56 bits per heavy atom. The van der Waals surface area contributed by atoms with Crippen molar-refractivity contribution in [2.24, 2.45) is 0 Å². The van der Waals surface area contributed by atoms with Gasteiger partial charge in [-0.05, 0) is 49.4 Å². The van der Waals surface area contributed by atoms with E-state index in [4.69, 9.17) is 9.47 Å². The van der Waals surface area contributed by atoms with Crippen LogP contribution >= 0.6 is 12.4 Å². The Labute approximate surface area is 154 Å². The Balaban J connectivity index is 0.00000312. The van der Waals surface area contributed by atoms with Gasteiger partial charge in [-0.25, -0.2) is 0 Å². The molecule has 0 fully saturated rings. The molecule has 6 nitrogen and oxygen atoms in total. The van der Waals surface area contributed by atoms with E-state index in [9.17, 15) is 4.79 Å². The van der Waals surface area contributed by atoms with E-state index in [-0.39, 0.29) is 30.9 Å². The monoisotopic (exact) mass is 365 g/mol. The Hall–Kier alpha value is -2.31.